The molecule has 96 valence electrons. The van der Waals surface area contributed by atoms with Gasteiger partial charge in [0.15, 0.2) is 5.13 Å². The highest BCUT2D eigenvalue weighted by molar-refractivity contribution is 7.14. The van der Waals surface area contributed by atoms with Crippen LogP contribution in [0.2, 0.25) is 0 Å². The van der Waals surface area contributed by atoms with Gasteiger partial charge in [-0.05, 0) is 25.5 Å². The second kappa shape index (κ2) is 5.98. The van der Waals surface area contributed by atoms with Gasteiger partial charge in [-0.1, -0.05) is 18.2 Å². The molecule has 3 nitrogen and oxygen atoms in total. The maximum absolute atomic E-state index is 5.67. The van der Waals surface area contributed by atoms with Gasteiger partial charge in [-0.3, -0.25) is 0 Å². The fourth-order valence-corrected chi connectivity index (χ4v) is 2.86. The van der Waals surface area contributed by atoms with Gasteiger partial charge in [0.05, 0.1) is 5.69 Å². The normalized spacial score (nSPS) is 10.6. The Labute approximate surface area is 112 Å². The van der Waals surface area contributed by atoms with Crippen LogP contribution in [0.15, 0.2) is 29.6 Å². The SMILES string of the molecule is CCN(CC)c1nc(-c2cccc(CN)c2)cs1. The molecule has 0 amide bonds. The third-order valence-corrected chi connectivity index (χ3v) is 3.89. The van der Waals surface area contributed by atoms with E-state index < -0.39 is 0 Å². The Morgan fingerprint density at radius 3 is 2.72 bits per heavy atom. The molecule has 0 aliphatic rings. The minimum atomic E-state index is 0.570. The number of nitrogens with zero attached hydrogens (tertiary/aromatic N) is 2. The fourth-order valence-electron chi connectivity index (χ4n) is 1.89. The van der Waals surface area contributed by atoms with Crippen LogP contribution in [-0.4, -0.2) is 18.1 Å². The molecule has 1 heterocycles. The fraction of sp³-hybridized carbons (Fsp3) is 0.357. The van der Waals surface area contributed by atoms with Crippen molar-refractivity contribution in [1.29, 1.82) is 0 Å². The van der Waals surface area contributed by atoms with E-state index in [1.165, 1.54) is 0 Å². The lowest BCUT2D eigenvalue weighted by Crippen LogP contribution is -2.21. The predicted octanol–water partition coefficient (Wildman–Crippen LogP) is 3.12. The van der Waals surface area contributed by atoms with Crippen LogP contribution in [-0.2, 0) is 6.54 Å². The van der Waals surface area contributed by atoms with Gasteiger partial charge >= 0.3 is 0 Å². The zero-order valence-corrected chi connectivity index (χ0v) is 11.7. The molecule has 0 saturated carbocycles. The van der Waals surface area contributed by atoms with E-state index in [2.05, 4.69) is 36.3 Å². The van der Waals surface area contributed by atoms with Crippen LogP contribution >= 0.6 is 11.3 Å². The molecule has 18 heavy (non-hydrogen) atoms. The monoisotopic (exact) mass is 261 g/mol. The second-order valence-corrected chi connectivity index (χ2v) is 4.93. The molecule has 2 aromatic rings. The summed E-state index contributed by atoms with van der Waals surface area (Å²) in [6, 6.07) is 8.27. The summed E-state index contributed by atoms with van der Waals surface area (Å²) in [5, 5.41) is 3.21. The third-order valence-electron chi connectivity index (χ3n) is 2.98. The summed E-state index contributed by atoms with van der Waals surface area (Å²) in [7, 11) is 0. The Kier molecular flexibility index (Phi) is 4.33. The molecule has 2 rings (SSSR count). The third kappa shape index (κ3) is 2.71. The van der Waals surface area contributed by atoms with Crippen LogP contribution in [0.5, 0.6) is 0 Å². The van der Waals surface area contributed by atoms with Crippen molar-refractivity contribution in [3.8, 4) is 11.3 Å². The van der Waals surface area contributed by atoms with Crippen molar-refractivity contribution in [2.24, 2.45) is 5.73 Å². The van der Waals surface area contributed by atoms with Crippen molar-refractivity contribution < 1.29 is 0 Å². The zero-order valence-electron chi connectivity index (χ0n) is 10.9. The van der Waals surface area contributed by atoms with Crippen LogP contribution in [0.3, 0.4) is 0 Å². The number of hydrogen-bond donors (Lipinski definition) is 1. The lowest BCUT2D eigenvalue weighted by atomic mass is 10.1. The highest BCUT2D eigenvalue weighted by atomic mass is 32.1. The van der Waals surface area contributed by atoms with E-state index in [-0.39, 0.29) is 0 Å². The lowest BCUT2D eigenvalue weighted by molar-refractivity contribution is 0.860. The molecule has 1 aromatic carbocycles. The Balaban J connectivity index is 2.28. The number of nitrogens with two attached hydrogens (primary N) is 1. The van der Waals surface area contributed by atoms with Gasteiger partial charge in [0.1, 0.15) is 0 Å². The van der Waals surface area contributed by atoms with Gasteiger partial charge in [0.2, 0.25) is 0 Å². The molecule has 0 unspecified atom stereocenters. The molecule has 0 saturated heterocycles. The van der Waals surface area contributed by atoms with E-state index in [0.29, 0.717) is 6.54 Å². The number of hydrogen-bond acceptors (Lipinski definition) is 4. The second-order valence-electron chi connectivity index (χ2n) is 4.09. The molecule has 2 N–H and O–H groups in total. The van der Waals surface area contributed by atoms with E-state index in [1.807, 2.05) is 12.1 Å². The van der Waals surface area contributed by atoms with Crippen LogP contribution in [0.4, 0.5) is 5.13 Å². The minimum Gasteiger partial charge on any atom is -0.349 e. The van der Waals surface area contributed by atoms with Crippen molar-refractivity contribution in [2.45, 2.75) is 20.4 Å². The summed E-state index contributed by atoms with van der Waals surface area (Å²) in [6.07, 6.45) is 0. The number of thiazole rings is 1. The first-order valence-corrected chi connectivity index (χ1v) is 7.16. The van der Waals surface area contributed by atoms with Crippen LogP contribution < -0.4 is 10.6 Å². The largest absolute Gasteiger partial charge is 0.349 e. The first-order chi connectivity index (χ1) is 8.78. The lowest BCUT2D eigenvalue weighted by Gasteiger charge is -2.16. The molecule has 0 atom stereocenters. The van der Waals surface area contributed by atoms with Crippen molar-refractivity contribution in [1.82, 2.24) is 4.98 Å². The van der Waals surface area contributed by atoms with Gasteiger partial charge in [-0.15, -0.1) is 11.3 Å². The molecule has 0 fully saturated rings. The number of benzene rings is 1. The molecular formula is C14H19N3S. The molecule has 0 aliphatic carbocycles. The number of aromatic nitrogens is 1. The highest BCUT2D eigenvalue weighted by Crippen LogP contribution is 2.27. The van der Waals surface area contributed by atoms with Crippen LogP contribution in [0.25, 0.3) is 11.3 Å². The van der Waals surface area contributed by atoms with Gasteiger partial charge in [-0.2, -0.15) is 0 Å². The van der Waals surface area contributed by atoms with E-state index in [9.17, 15) is 0 Å². The highest BCUT2D eigenvalue weighted by Gasteiger charge is 2.09. The molecule has 0 bridgehead atoms. The Hall–Kier alpha value is -1.39. The molecular weight excluding hydrogens is 242 g/mol. The summed E-state index contributed by atoms with van der Waals surface area (Å²) >= 11 is 1.70. The average molecular weight is 261 g/mol. The summed E-state index contributed by atoms with van der Waals surface area (Å²) in [4.78, 5) is 6.97. The molecule has 0 aliphatic heterocycles. The van der Waals surface area contributed by atoms with Crippen molar-refractivity contribution in [3.63, 3.8) is 0 Å². The predicted molar refractivity (Wildman–Crippen MR) is 79.0 cm³/mol. The Bertz CT molecular complexity index is 503. The maximum Gasteiger partial charge on any atom is 0.185 e. The van der Waals surface area contributed by atoms with Gasteiger partial charge in [0.25, 0.3) is 0 Å². The van der Waals surface area contributed by atoms with Gasteiger partial charge in [-0.25, -0.2) is 4.98 Å². The van der Waals surface area contributed by atoms with Crippen molar-refractivity contribution >= 4 is 16.5 Å². The molecule has 1 aromatic heterocycles. The summed E-state index contributed by atoms with van der Waals surface area (Å²) < 4.78 is 0. The van der Waals surface area contributed by atoms with E-state index >= 15 is 0 Å². The Morgan fingerprint density at radius 2 is 2.06 bits per heavy atom. The smallest absolute Gasteiger partial charge is 0.185 e. The zero-order chi connectivity index (χ0) is 13.0. The summed E-state index contributed by atoms with van der Waals surface area (Å²) in [6.45, 7) is 6.86. The summed E-state index contributed by atoms with van der Waals surface area (Å²) in [5.41, 5.74) is 9.00. The number of rotatable bonds is 5. The molecule has 4 heteroatoms. The first kappa shape index (κ1) is 13.1. The van der Waals surface area contributed by atoms with E-state index in [4.69, 9.17) is 10.7 Å². The van der Waals surface area contributed by atoms with Gasteiger partial charge < -0.3 is 10.6 Å². The topological polar surface area (TPSA) is 42.2 Å². The first-order valence-electron chi connectivity index (χ1n) is 6.28. The average Bonchev–Trinajstić information content (AvgIpc) is 2.90. The van der Waals surface area contributed by atoms with Crippen LogP contribution in [0, 0.1) is 0 Å². The van der Waals surface area contributed by atoms with Gasteiger partial charge in [0, 0.05) is 30.6 Å². The van der Waals surface area contributed by atoms with Crippen LogP contribution in [0.1, 0.15) is 19.4 Å². The molecule has 0 spiro atoms. The van der Waals surface area contributed by atoms with E-state index in [1.54, 1.807) is 11.3 Å². The summed E-state index contributed by atoms with van der Waals surface area (Å²) in [5.74, 6) is 0. The van der Waals surface area contributed by atoms with Crippen molar-refractivity contribution in [2.75, 3.05) is 18.0 Å². The maximum atomic E-state index is 5.67. The molecule has 0 radical (unpaired) electrons. The van der Waals surface area contributed by atoms with Crippen molar-refractivity contribution in [3.05, 3.63) is 35.2 Å². The standard InChI is InChI=1S/C14H19N3S/c1-3-17(4-2)14-16-13(10-18-14)12-7-5-6-11(8-12)9-15/h5-8,10H,3-4,9,15H2,1-2H3. The quantitative estimate of drug-likeness (QED) is 0.899. The number of anilines is 1. The Morgan fingerprint density at radius 1 is 1.28 bits per heavy atom. The van der Waals surface area contributed by atoms with E-state index in [0.717, 1.165) is 35.0 Å². The minimum absolute atomic E-state index is 0.570.